The maximum absolute atomic E-state index is 14.1. The molecule has 1 atom stereocenters. The van der Waals surface area contributed by atoms with Gasteiger partial charge in [-0.3, -0.25) is 9.59 Å². The normalized spacial score (nSPS) is 12.8. The second kappa shape index (κ2) is 14.6. The third kappa shape index (κ3) is 7.37. The van der Waals surface area contributed by atoms with Gasteiger partial charge in [0.25, 0.3) is 0 Å². The highest BCUT2D eigenvalue weighted by atomic mass is 19.1. The van der Waals surface area contributed by atoms with Crippen LogP contribution >= 0.6 is 0 Å². The molecule has 5 rings (SSSR count). The number of anilines is 1. The zero-order chi connectivity index (χ0) is 30.9. The number of hydrogen-bond donors (Lipinski definition) is 1. The van der Waals surface area contributed by atoms with E-state index in [1.807, 2.05) is 60.7 Å². The summed E-state index contributed by atoms with van der Waals surface area (Å²) in [6, 6.07) is 28.3. The Morgan fingerprint density at radius 2 is 1.61 bits per heavy atom. The standard InChI is InChI=1S/C36H38FN3O4/c1-43-32-17-12-26(24-33(32)44-2)18-23-40(34(41)20-22-39-21-19-28-10-6-7-11-31(28)39)35(29-13-15-30(37)16-14-29)36(42)38-25-27-8-4-3-5-9-27/h3-17,24,35H,18-23,25H2,1-2H3,(H,38,42). The van der Waals surface area contributed by atoms with Gasteiger partial charge < -0.3 is 24.6 Å². The van der Waals surface area contributed by atoms with Crippen molar-refractivity contribution in [2.75, 3.05) is 38.8 Å². The van der Waals surface area contributed by atoms with Crippen LogP contribution in [0.4, 0.5) is 10.1 Å². The van der Waals surface area contributed by atoms with Crippen molar-refractivity contribution in [2.24, 2.45) is 0 Å². The molecule has 0 spiro atoms. The number of rotatable bonds is 13. The molecular weight excluding hydrogens is 557 g/mol. The molecular formula is C36H38FN3O4. The smallest absolute Gasteiger partial charge is 0.247 e. The molecule has 0 aliphatic carbocycles. The summed E-state index contributed by atoms with van der Waals surface area (Å²) in [4.78, 5) is 31.9. The Kier molecular flexibility index (Phi) is 10.1. The van der Waals surface area contributed by atoms with Crippen molar-refractivity contribution in [3.63, 3.8) is 0 Å². The lowest BCUT2D eigenvalue weighted by atomic mass is 10.0. The number of nitrogens with one attached hydrogen (secondary N) is 1. The van der Waals surface area contributed by atoms with Crippen LogP contribution in [0.5, 0.6) is 11.5 Å². The summed E-state index contributed by atoms with van der Waals surface area (Å²) in [5, 5.41) is 3.02. The average molecular weight is 596 g/mol. The predicted molar refractivity (Wildman–Crippen MR) is 169 cm³/mol. The van der Waals surface area contributed by atoms with E-state index in [0.717, 1.165) is 29.8 Å². The summed E-state index contributed by atoms with van der Waals surface area (Å²) in [5.74, 6) is 0.311. The molecule has 1 heterocycles. The highest BCUT2D eigenvalue weighted by Crippen LogP contribution is 2.30. The van der Waals surface area contributed by atoms with Crippen LogP contribution in [-0.2, 0) is 29.0 Å². The monoisotopic (exact) mass is 595 g/mol. The quantitative estimate of drug-likeness (QED) is 0.214. The number of nitrogens with zero attached hydrogens (tertiary/aromatic N) is 2. The molecule has 8 heteroatoms. The van der Waals surface area contributed by atoms with Crippen LogP contribution in [-0.4, -0.2) is 50.6 Å². The minimum absolute atomic E-state index is 0.154. The lowest BCUT2D eigenvalue weighted by molar-refractivity contribution is -0.140. The van der Waals surface area contributed by atoms with Gasteiger partial charge in [-0.1, -0.05) is 66.7 Å². The van der Waals surface area contributed by atoms with E-state index < -0.39 is 11.9 Å². The largest absolute Gasteiger partial charge is 0.493 e. The Balaban J connectivity index is 1.42. The summed E-state index contributed by atoms with van der Waals surface area (Å²) in [6.45, 7) is 1.95. The minimum Gasteiger partial charge on any atom is -0.493 e. The van der Waals surface area contributed by atoms with Gasteiger partial charge in [0.15, 0.2) is 11.5 Å². The van der Waals surface area contributed by atoms with Crippen molar-refractivity contribution in [1.82, 2.24) is 10.2 Å². The maximum Gasteiger partial charge on any atom is 0.247 e. The van der Waals surface area contributed by atoms with Crippen molar-refractivity contribution < 1.29 is 23.5 Å². The number of methoxy groups -OCH3 is 2. The molecule has 1 N–H and O–H groups in total. The predicted octanol–water partition coefficient (Wildman–Crippen LogP) is 5.72. The number of benzene rings is 4. The van der Waals surface area contributed by atoms with Gasteiger partial charge in [0.2, 0.25) is 11.8 Å². The highest BCUT2D eigenvalue weighted by molar-refractivity contribution is 5.89. The number of hydrogen-bond acceptors (Lipinski definition) is 5. The molecule has 4 aromatic carbocycles. The summed E-state index contributed by atoms with van der Waals surface area (Å²) in [5.41, 5.74) is 4.83. The molecule has 44 heavy (non-hydrogen) atoms. The fraction of sp³-hybridized carbons (Fsp3) is 0.278. The van der Waals surface area contributed by atoms with Gasteiger partial charge in [-0.15, -0.1) is 0 Å². The zero-order valence-electron chi connectivity index (χ0n) is 25.2. The molecule has 0 bridgehead atoms. The van der Waals surface area contributed by atoms with Crippen LogP contribution in [0.15, 0.2) is 97.1 Å². The van der Waals surface area contributed by atoms with Gasteiger partial charge in [0, 0.05) is 38.3 Å². The van der Waals surface area contributed by atoms with Gasteiger partial charge in [0.1, 0.15) is 11.9 Å². The molecule has 0 fully saturated rings. The fourth-order valence-electron chi connectivity index (χ4n) is 5.70. The van der Waals surface area contributed by atoms with Gasteiger partial charge in [-0.05, 0) is 65.4 Å². The number of carbonyl (C=O) groups is 2. The summed E-state index contributed by atoms with van der Waals surface area (Å²) < 4.78 is 24.9. The van der Waals surface area contributed by atoms with Crippen LogP contribution in [0, 0.1) is 5.82 Å². The lowest BCUT2D eigenvalue weighted by Crippen LogP contribution is -2.45. The number of fused-ring (bicyclic) bond motifs is 1. The Hall–Kier alpha value is -4.85. The van der Waals surface area contributed by atoms with E-state index in [9.17, 15) is 14.0 Å². The van der Waals surface area contributed by atoms with E-state index in [-0.39, 0.29) is 24.8 Å². The first-order chi connectivity index (χ1) is 21.5. The molecule has 1 aliphatic heterocycles. The van der Waals surface area contributed by atoms with Gasteiger partial charge >= 0.3 is 0 Å². The molecule has 7 nitrogen and oxygen atoms in total. The molecule has 0 aromatic heterocycles. The second-order valence-corrected chi connectivity index (χ2v) is 10.8. The summed E-state index contributed by atoms with van der Waals surface area (Å²) >= 11 is 0. The van der Waals surface area contributed by atoms with Crippen molar-refractivity contribution in [1.29, 1.82) is 0 Å². The Morgan fingerprint density at radius 1 is 0.886 bits per heavy atom. The van der Waals surface area contributed by atoms with E-state index in [1.165, 1.54) is 17.7 Å². The van der Waals surface area contributed by atoms with Crippen LogP contribution in [0.3, 0.4) is 0 Å². The molecule has 1 unspecified atom stereocenters. The maximum atomic E-state index is 14.1. The Morgan fingerprint density at radius 3 is 2.36 bits per heavy atom. The van der Waals surface area contributed by atoms with E-state index >= 15 is 0 Å². The van der Waals surface area contributed by atoms with E-state index in [0.29, 0.717) is 36.6 Å². The second-order valence-electron chi connectivity index (χ2n) is 10.8. The minimum atomic E-state index is -0.946. The summed E-state index contributed by atoms with van der Waals surface area (Å²) in [7, 11) is 3.16. The Bertz CT molecular complexity index is 1560. The first-order valence-corrected chi connectivity index (χ1v) is 14.9. The third-order valence-corrected chi connectivity index (χ3v) is 8.04. The molecule has 0 saturated carbocycles. The van der Waals surface area contributed by atoms with Crippen LogP contribution in [0.1, 0.15) is 34.7 Å². The van der Waals surface area contributed by atoms with E-state index in [4.69, 9.17) is 9.47 Å². The molecule has 2 amide bonds. The number of halogens is 1. The van der Waals surface area contributed by atoms with Crippen LogP contribution in [0.2, 0.25) is 0 Å². The topological polar surface area (TPSA) is 71.1 Å². The van der Waals surface area contributed by atoms with E-state index in [2.05, 4.69) is 22.3 Å². The highest BCUT2D eigenvalue weighted by Gasteiger charge is 2.32. The van der Waals surface area contributed by atoms with Crippen LogP contribution in [0.25, 0.3) is 0 Å². The molecule has 4 aromatic rings. The summed E-state index contributed by atoms with van der Waals surface area (Å²) in [6.07, 6.45) is 1.64. The van der Waals surface area contributed by atoms with Crippen molar-refractivity contribution in [3.8, 4) is 11.5 Å². The first-order valence-electron chi connectivity index (χ1n) is 14.9. The zero-order valence-corrected chi connectivity index (χ0v) is 25.2. The van der Waals surface area contributed by atoms with Crippen molar-refractivity contribution in [3.05, 3.63) is 125 Å². The number of ether oxygens (including phenoxy) is 2. The molecule has 1 aliphatic rings. The van der Waals surface area contributed by atoms with Crippen LogP contribution < -0.4 is 19.7 Å². The first kappa shape index (κ1) is 30.6. The van der Waals surface area contributed by atoms with Crippen molar-refractivity contribution in [2.45, 2.75) is 31.8 Å². The third-order valence-electron chi connectivity index (χ3n) is 8.04. The SMILES string of the molecule is COc1ccc(CCN(C(=O)CCN2CCc3ccccc32)C(C(=O)NCc2ccccc2)c2ccc(F)cc2)cc1OC. The van der Waals surface area contributed by atoms with Gasteiger partial charge in [-0.25, -0.2) is 4.39 Å². The molecule has 0 radical (unpaired) electrons. The molecule has 228 valence electrons. The number of amides is 2. The number of carbonyl (C=O) groups excluding carboxylic acids is 2. The van der Waals surface area contributed by atoms with Gasteiger partial charge in [-0.2, -0.15) is 0 Å². The lowest BCUT2D eigenvalue weighted by Gasteiger charge is -2.32. The Labute approximate surface area is 258 Å². The number of para-hydroxylation sites is 1. The fourth-order valence-corrected chi connectivity index (χ4v) is 5.70. The van der Waals surface area contributed by atoms with E-state index in [1.54, 1.807) is 31.3 Å². The molecule has 0 saturated heterocycles. The average Bonchev–Trinajstić information content (AvgIpc) is 3.48. The van der Waals surface area contributed by atoms with Gasteiger partial charge in [0.05, 0.1) is 14.2 Å². The van der Waals surface area contributed by atoms with Crippen molar-refractivity contribution >= 4 is 17.5 Å².